The van der Waals surface area contributed by atoms with Gasteiger partial charge in [-0.3, -0.25) is 4.79 Å². The topological polar surface area (TPSA) is 38.3 Å². The molecule has 0 bridgehead atoms. The van der Waals surface area contributed by atoms with Crippen molar-refractivity contribution in [2.24, 2.45) is 0 Å². The highest BCUT2D eigenvalue weighted by molar-refractivity contribution is 9.10. The molecule has 104 valence electrons. The molecule has 0 aromatic heterocycles. The molecule has 1 N–H and O–H groups in total. The summed E-state index contributed by atoms with van der Waals surface area (Å²) in [5.41, 5.74) is 1.31. The van der Waals surface area contributed by atoms with Crippen molar-refractivity contribution in [2.45, 2.75) is 31.6 Å². The van der Waals surface area contributed by atoms with Crippen LogP contribution in [0.1, 0.15) is 31.7 Å². The van der Waals surface area contributed by atoms with Crippen LogP contribution in [0.5, 0.6) is 0 Å². The highest BCUT2D eigenvalue weighted by Gasteiger charge is 2.34. The first-order valence-electron chi connectivity index (χ1n) is 6.77. The van der Waals surface area contributed by atoms with E-state index in [9.17, 15) is 4.79 Å². The Morgan fingerprint density at radius 2 is 1.95 bits per heavy atom. The lowest BCUT2D eigenvalue weighted by Gasteiger charge is -2.38. The minimum Gasteiger partial charge on any atom is -0.381 e. The predicted octanol–water partition coefficient (Wildman–Crippen LogP) is 3.02. The Labute approximate surface area is 122 Å². The Hall–Kier alpha value is -0.870. The van der Waals surface area contributed by atoms with Gasteiger partial charge in [0, 0.05) is 36.1 Å². The Kier molecular flexibility index (Phi) is 4.99. The van der Waals surface area contributed by atoms with Gasteiger partial charge >= 0.3 is 0 Å². The molecule has 3 nitrogen and oxygen atoms in total. The van der Waals surface area contributed by atoms with Crippen LogP contribution >= 0.6 is 15.9 Å². The average Bonchev–Trinajstić information content (AvgIpc) is 2.46. The number of halogens is 1. The molecule has 2 rings (SSSR count). The van der Waals surface area contributed by atoms with Crippen molar-refractivity contribution in [3.8, 4) is 0 Å². The van der Waals surface area contributed by atoms with Crippen molar-refractivity contribution in [1.82, 2.24) is 5.32 Å². The summed E-state index contributed by atoms with van der Waals surface area (Å²) in [4.78, 5) is 11.5. The van der Waals surface area contributed by atoms with E-state index in [1.807, 2.05) is 6.92 Å². The third kappa shape index (κ3) is 3.57. The monoisotopic (exact) mass is 325 g/mol. The molecule has 1 heterocycles. The van der Waals surface area contributed by atoms with E-state index >= 15 is 0 Å². The van der Waals surface area contributed by atoms with Crippen LogP contribution in [0.25, 0.3) is 0 Å². The van der Waals surface area contributed by atoms with Gasteiger partial charge in [0.05, 0.1) is 0 Å². The lowest BCUT2D eigenvalue weighted by molar-refractivity contribution is -0.121. The zero-order chi connectivity index (χ0) is 13.7. The molecule has 19 heavy (non-hydrogen) atoms. The number of benzene rings is 1. The SMILES string of the molecule is CCC(=O)NCC1(c2ccc(Br)cc2)CCOCC1. The van der Waals surface area contributed by atoms with Crippen molar-refractivity contribution in [1.29, 1.82) is 0 Å². The number of rotatable bonds is 4. The summed E-state index contributed by atoms with van der Waals surface area (Å²) in [7, 11) is 0. The molecular formula is C15H20BrNO2. The Bertz CT molecular complexity index is 424. The second kappa shape index (κ2) is 6.53. The van der Waals surface area contributed by atoms with Gasteiger partial charge < -0.3 is 10.1 Å². The first-order valence-corrected chi connectivity index (χ1v) is 7.56. The Balaban J connectivity index is 2.18. The van der Waals surface area contributed by atoms with Gasteiger partial charge in [0.2, 0.25) is 5.91 Å². The van der Waals surface area contributed by atoms with Crippen LogP contribution in [0, 0.1) is 0 Å². The Morgan fingerprint density at radius 1 is 1.32 bits per heavy atom. The summed E-state index contributed by atoms with van der Waals surface area (Å²) in [6.07, 6.45) is 2.45. The molecule has 0 unspecified atom stereocenters. The molecule has 1 saturated heterocycles. The number of carbonyl (C=O) groups is 1. The molecule has 1 amide bonds. The van der Waals surface area contributed by atoms with Gasteiger partial charge in [-0.25, -0.2) is 0 Å². The number of ether oxygens (including phenoxy) is 1. The summed E-state index contributed by atoms with van der Waals surface area (Å²) >= 11 is 3.47. The van der Waals surface area contributed by atoms with E-state index in [0.29, 0.717) is 13.0 Å². The van der Waals surface area contributed by atoms with Gasteiger partial charge in [-0.2, -0.15) is 0 Å². The zero-order valence-electron chi connectivity index (χ0n) is 11.2. The van der Waals surface area contributed by atoms with E-state index in [0.717, 1.165) is 30.5 Å². The van der Waals surface area contributed by atoms with Crippen molar-refractivity contribution in [3.05, 3.63) is 34.3 Å². The fourth-order valence-electron chi connectivity index (χ4n) is 2.53. The van der Waals surface area contributed by atoms with E-state index in [1.54, 1.807) is 0 Å². The largest absolute Gasteiger partial charge is 0.381 e. The first-order chi connectivity index (χ1) is 9.16. The summed E-state index contributed by atoms with van der Waals surface area (Å²) in [6.45, 7) is 4.10. The van der Waals surface area contributed by atoms with Gasteiger partial charge in [0.25, 0.3) is 0 Å². The maximum atomic E-state index is 11.5. The number of carbonyl (C=O) groups excluding carboxylic acids is 1. The van der Waals surface area contributed by atoms with Crippen LogP contribution in [-0.2, 0) is 14.9 Å². The number of hydrogen-bond donors (Lipinski definition) is 1. The van der Waals surface area contributed by atoms with Crippen molar-refractivity contribution >= 4 is 21.8 Å². The zero-order valence-corrected chi connectivity index (χ0v) is 12.8. The summed E-state index contributed by atoms with van der Waals surface area (Å²) < 4.78 is 6.56. The molecular weight excluding hydrogens is 306 g/mol. The molecule has 0 spiro atoms. The fourth-order valence-corrected chi connectivity index (χ4v) is 2.79. The van der Waals surface area contributed by atoms with Crippen molar-refractivity contribution in [2.75, 3.05) is 19.8 Å². The van der Waals surface area contributed by atoms with E-state index in [-0.39, 0.29) is 11.3 Å². The molecule has 0 atom stereocenters. The lowest BCUT2D eigenvalue weighted by Crippen LogP contribution is -2.44. The van der Waals surface area contributed by atoms with E-state index < -0.39 is 0 Å². The highest BCUT2D eigenvalue weighted by Crippen LogP contribution is 2.34. The number of hydrogen-bond acceptors (Lipinski definition) is 2. The molecule has 0 radical (unpaired) electrons. The van der Waals surface area contributed by atoms with Crippen molar-refractivity contribution in [3.63, 3.8) is 0 Å². The molecule has 4 heteroatoms. The van der Waals surface area contributed by atoms with Crippen LogP contribution in [0.3, 0.4) is 0 Å². The van der Waals surface area contributed by atoms with Crippen LogP contribution in [-0.4, -0.2) is 25.7 Å². The summed E-state index contributed by atoms with van der Waals surface area (Å²) in [6, 6.07) is 8.42. The average molecular weight is 326 g/mol. The van der Waals surface area contributed by atoms with E-state index in [1.165, 1.54) is 5.56 Å². The number of nitrogens with one attached hydrogen (secondary N) is 1. The fraction of sp³-hybridized carbons (Fsp3) is 0.533. The van der Waals surface area contributed by atoms with Crippen LogP contribution in [0.4, 0.5) is 0 Å². The predicted molar refractivity (Wildman–Crippen MR) is 79.2 cm³/mol. The standard InChI is InChI=1S/C15H20BrNO2/c1-2-14(18)17-11-15(7-9-19-10-8-15)12-3-5-13(16)6-4-12/h3-6H,2,7-11H2,1H3,(H,17,18). The smallest absolute Gasteiger partial charge is 0.219 e. The molecule has 1 aromatic carbocycles. The lowest BCUT2D eigenvalue weighted by atomic mass is 9.74. The van der Waals surface area contributed by atoms with Crippen LogP contribution in [0.2, 0.25) is 0 Å². The van der Waals surface area contributed by atoms with Crippen LogP contribution in [0.15, 0.2) is 28.7 Å². The second-order valence-electron chi connectivity index (χ2n) is 5.03. The van der Waals surface area contributed by atoms with Gasteiger partial charge in [-0.1, -0.05) is 35.0 Å². The van der Waals surface area contributed by atoms with E-state index in [4.69, 9.17) is 4.74 Å². The summed E-state index contributed by atoms with van der Waals surface area (Å²) in [5, 5.41) is 3.05. The quantitative estimate of drug-likeness (QED) is 0.924. The van der Waals surface area contributed by atoms with Gasteiger partial charge in [0.1, 0.15) is 0 Å². The minimum atomic E-state index is 0.0176. The molecule has 0 saturated carbocycles. The second-order valence-corrected chi connectivity index (χ2v) is 5.95. The van der Waals surface area contributed by atoms with Gasteiger partial charge in [0.15, 0.2) is 0 Å². The summed E-state index contributed by atoms with van der Waals surface area (Å²) in [5.74, 6) is 0.114. The molecule has 1 aromatic rings. The Morgan fingerprint density at radius 3 is 2.53 bits per heavy atom. The normalized spacial score (nSPS) is 18.0. The third-order valence-electron chi connectivity index (χ3n) is 3.85. The first kappa shape index (κ1) is 14.5. The van der Waals surface area contributed by atoms with Gasteiger partial charge in [-0.05, 0) is 30.5 Å². The molecule has 0 aliphatic carbocycles. The minimum absolute atomic E-state index is 0.0176. The maximum Gasteiger partial charge on any atom is 0.219 e. The van der Waals surface area contributed by atoms with Crippen molar-refractivity contribution < 1.29 is 9.53 Å². The third-order valence-corrected chi connectivity index (χ3v) is 4.38. The molecule has 1 aliphatic heterocycles. The molecule has 1 aliphatic rings. The maximum absolute atomic E-state index is 11.5. The molecule has 1 fully saturated rings. The van der Waals surface area contributed by atoms with Crippen LogP contribution < -0.4 is 5.32 Å². The highest BCUT2D eigenvalue weighted by atomic mass is 79.9. The number of amides is 1. The van der Waals surface area contributed by atoms with E-state index in [2.05, 4.69) is 45.5 Å². The van der Waals surface area contributed by atoms with Gasteiger partial charge in [-0.15, -0.1) is 0 Å².